The Morgan fingerprint density at radius 3 is 2.17 bits per heavy atom. The van der Waals surface area contributed by atoms with Gasteiger partial charge in [-0.25, -0.2) is 4.98 Å². The number of Topliss-reactive ketones (excluding diaryl/α,β-unsaturated/α-hetero) is 1. The van der Waals surface area contributed by atoms with Gasteiger partial charge in [0.25, 0.3) is 0 Å². The van der Waals surface area contributed by atoms with Gasteiger partial charge in [0.1, 0.15) is 11.4 Å². The van der Waals surface area contributed by atoms with Gasteiger partial charge in [-0.2, -0.15) is 0 Å². The highest BCUT2D eigenvalue weighted by Gasteiger charge is 2.16. The number of ketones is 1. The van der Waals surface area contributed by atoms with Crippen molar-refractivity contribution in [2.75, 3.05) is 5.75 Å². The van der Waals surface area contributed by atoms with Crippen LogP contribution in [0.1, 0.15) is 21.5 Å². The van der Waals surface area contributed by atoms with E-state index in [2.05, 4.69) is 25.1 Å². The van der Waals surface area contributed by atoms with E-state index in [0.29, 0.717) is 33.5 Å². The number of nitrogens with zero attached hydrogens (tertiary/aromatic N) is 5. The molecule has 0 saturated heterocycles. The molecule has 30 heavy (non-hydrogen) atoms. The van der Waals surface area contributed by atoms with Gasteiger partial charge in [-0.15, -0.1) is 10.2 Å². The molecule has 0 fully saturated rings. The van der Waals surface area contributed by atoms with Crippen LogP contribution in [0.25, 0.3) is 22.8 Å². The van der Waals surface area contributed by atoms with Crippen molar-refractivity contribution >= 4 is 17.5 Å². The Labute approximate surface area is 178 Å². The van der Waals surface area contributed by atoms with Gasteiger partial charge in [-0.05, 0) is 55.3 Å². The van der Waals surface area contributed by atoms with Crippen LogP contribution in [0.5, 0.6) is 0 Å². The largest absolute Gasteiger partial charge is 0.293 e. The van der Waals surface area contributed by atoms with E-state index in [4.69, 9.17) is 0 Å². The fraction of sp³-hybridized carbons (Fsp3) is 0.130. The summed E-state index contributed by atoms with van der Waals surface area (Å²) in [7, 11) is 0. The van der Waals surface area contributed by atoms with Crippen molar-refractivity contribution in [2.45, 2.75) is 19.0 Å². The first-order valence-corrected chi connectivity index (χ1v) is 10.4. The predicted octanol–water partition coefficient (Wildman–Crippen LogP) is 4.59. The first kappa shape index (κ1) is 19.8. The summed E-state index contributed by atoms with van der Waals surface area (Å²) in [6, 6.07) is 16.9. The van der Waals surface area contributed by atoms with E-state index in [-0.39, 0.29) is 11.5 Å². The molecule has 148 valence electrons. The molecule has 3 aromatic heterocycles. The lowest BCUT2D eigenvalue weighted by atomic mass is 10.0. The maximum atomic E-state index is 12.6. The Hall–Kier alpha value is -3.45. The molecule has 0 bridgehead atoms. The third kappa shape index (κ3) is 4.41. The molecular weight excluding hydrogens is 394 g/mol. The fourth-order valence-corrected chi connectivity index (χ4v) is 3.54. The van der Waals surface area contributed by atoms with Gasteiger partial charge in [0.2, 0.25) is 5.16 Å². The second kappa shape index (κ2) is 8.92. The average molecular weight is 414 g/mol. The number of carbonyl (C=O) groups is 1. The third-order valence-electron chi connectivity index (χ3n) is 4.64. The molecule has 0 aliphatic rings. The number of hydrogen-bond acceptors (Lipinski definition) is 7. The predicted molar refractivity (Wildman–Crippen MR) is 117 cm³/mol. The summed E-state index contributed by atoms with van der Waals surface area (Å²) in [6.07, 6.45) is 3.40. The molecule has 0 aliphatic carbocycles. The summed E-state index contributed by atoms with van der Waals surface area (Å²) >= 11 is 1.26. The minimum atomic E-state index is 0.0277. The van der Waals surface area contributed by atoms with Crippen molar-refractivity contribution in [3.63, 3.8) is 0 Å². The highest BCUT2D eigenvalue weighted by Crippen LogP contribution is 2.27. The van der Waals surface area contributed by atoms with Crippen LogP contribution in [0.2, 0.25) is 0 Å². The third-order valence-corrected chi connectivity index (χ3v) is 5.48. The van der Waals surface area contributed by atoms with Gasteiger partial charge >= 0.3 is 0 Å². The smallest absolute Gasteiger partial charge is 0.210 e. The maximum absolute atomic E-state index is 12.6. The Kier molecular flexibility index (Phi) is 5.90. The van der Waals surface area contributed by atoms with Crippen LogP contribution >= 0.6 is 11.8 Å². The monoisotopic (exact) mass is 413 g/mol. The maximum Gasteiger partial charge on any atom is 0.210 e. The van der Waals surface area contributed by atoms with E-state index in [9.17, 15) is 4.79 Å². The minimum Gasteiger partial charge on any atom is -0.293 e. The van der Waals surface area contributed by atoms with Crippen LogP contribution in [0, 0.1) is 13.8 Å². The van der Waals surface area contributed by atoms with Crippen LogP contribution in [0.3, 0.4) is 0 Å². The SMILES string of the molecule is Cc1ccc(C(=O)CSc2nnc(-c3ccccn3)c(-c3ccccn3)n2)cc1C. The van der Waals surface area contributed by atoms with E-state index >= 15 is 0 Å². The van der Waals surface area contributed by atoms with Crippen molar-refractivity contribution in [3.8, 4) is 22.8 Å². The quantitative estimate of drug-likeness (QED) is 0.338. The Bertz CT molecular complexity index is 1180. The molecule has 0 saturated carbocycles. The van der Waals surface area contributed by atoms with Crippen molar-refractivity contribution in [2.24, 2.45) is 0 Å². The second-order valence-corrected chi connectivity index (χ2v) is 7.67. The molecular formula is C23H19N5OS. The molecule has 1 aromatic carbocycles. The number of aromatic nitrogens is 5. The van der Waals surface area contributed by atoms with Crippen LogP contribution in [-0.4, -0.2) is 36.7 Å². The number of pyridine rings is 2. The van der Waals surface area contributed by atoms with Gasteiger partial charge in [0.05, 0.1) is 17.1 Å². The lowest BCUT2D eigenvalue weighted by Gasteiger charge is -2.08. The molecule has 0 radical (unpaired) electrons. The normalized spacial score (nSPS) is 10.7. The Morgan fingerprint density at radius 2 is 1.53 bits per heavy atom. The molecule has 3 heterocycles. The number of carbonyl (C=O) groups excluding carboxylic acids is 1. The topological polar surface area (TPSA) is 81.5 Å². The van der Waals surface area contributed by atoms with Crippen molar-refractivity contribution in [3.05, 3.63) is 83.7 Å². The van der Waals surface area contributed by atoms with Crippen LogP contribution in [0.4, 0.5) is 0 Å². The van der Waals surface area contributed by atoms with Gasteiger partial charge < -0.3 is 0 Å². The standard InChI is InChI=1S/C23H19N5OS/c1-15-9-10-17(13-16(15)2)20(29)14-30-23-26-21(18-7-3-5-11-24-18)22(27-28-23)19-8-4-6-12-25-19/h3-13H,14H2,1-2H3. The first-order valence-electron chi connectivity index (χ1n) is 9.42. The highest BCUT2D eigenvalue weighted by molar-refractivity contribution is 7.99. The van der Waals surface area contributed by atoms with Gasteiger partial charge in [-0.3, -0.25) is 14.8 Å². The summed E-state index contributed by atoms with van der Waals surface area (Å²) in [6.45, 7) is 4.03. The van der Waals surface area contributed by atoms with E-state index in [1.54, 1.807) is 12.4 Å². The number of aryl methyl sites for hydroxylation is 2. The molecule has 0 amide bonds. The number of thioether (sulfide) groups is 1. The van der Waals surface area contributed by atoms with Gasteiger partial charge in [0, 0.05) is 18.0 Å². The van der Waals surface area contributed by atoms with Gasteiger partial charge in [-0.1, -0.05) is 36.0 Å². The van der Waals surface area contributed by atoms with Crippen LogP contribution in [0.15, 0.2) is 72.1 Å². The Morgan fingerprint density at radius 1 is 0.833 bits per heavy atom. The Balaban J connectivity index is 1.61. The molecule has 4 aromatic rings. The summed E-state index contributed by atoms with van der Waals surface area (Å²) in [5.41, 5.74) is 5.44. The molecule has 0 aliphatic heterocycles. The lowest BCUT2D eigenvalue weighted by Crippen LogP contribution is -2.06. The van der Waals surface area contributed by atoms with Gasteiger partial charge in [0.15, 0.2) is 5.78 Å². The zero-order valence-electron chi connectivity index (χ0n) is 16.6. The van der Waals surface area contributed by atoms with E-state index in [1.807, 2.05) is 68.4 Å². The zero-order chi connectivity index (χ0) is 20.9. The van der Waals surface area contributed by atoms with E-state index < -0.39 is 0 Å². The number of benzene rings is 1. The van der Waals surface area contributed by atoms with E-state index in [1.165, 1.54) is 11.8 Å². The molecule has 0 atom stereocenters. The number of rotatable bonds is 6. The average Bonchev–Trinajstić information content (AvgIpc) is 2.80. The van der Waals surface area contributed by atoms with Crippen molar-refractivity contribution < 1.29 is 4.79 Å². The summed E-state index contributed by atoms with van der Waals surface area (Å²) in [5, 5.41) is 9.00. The van der Waals surface area contributed by atoms with Crippen LogP contribution < -0.4 is 0 Å². The summed E-state index contributed by atoms with van der Waals surface area (Å²) in [5.74, 6) is 0.259. The van der Waals surface area contributed by atoms with Crippen molar-refractivity contribution in [1.82, 2.24) is 25.1 Å². The number of hydrogen-bond donors (Lipinski definition) is 0. The molecule has 0 unspecified atom stereocenters. The molecule has 7 heteroatoms. The minimum absolute atomic E-state index is 0.0277. The first-order chi connectivity index (χ1) is 14.6. The summed E-state index contributed by atoms with van der Waals surface area (Å²) in [4.78, 5) is 26.0. The molecule has 4 rings (SSSR count). The molecule has 6 nitrogen and oxygen atoms in total. The highest BCUT2D eigenvalue weighted by atomic mass is 32.2. The lowest BCUT2D eigenvalue weighted by molar-refractivity contribution is 0.102. The second-order valence-electron chi connectivity index (χ2n) is 6.73. The fourth-order valence-electron chi connectivity index (χ4n) is 2.86. The summed E-state index contributed by atoms with van der Waals surface area (Å²) < 4.78 is 0. The van der Waals surface area contributed by atoms with Crippen molar-refractivity contribution in [1.29, 1.82) is 0 Å². The van der Waals surface area contributed by atoms with Crippen LogP contribution in [-0.2, 0) is 0 Å². The zero-order valence-corrected chi connectivity index (χ0v) is 17.4. The molecule has 0 N–H and O–H groups in total. The van der Waals surface area contributed by atoms with E-state index in [0.717, 1.165) is 11.1 Å². The molecule has 0 spiro atoms.